The number of benzene rings is 1. The Hall–Kier alpha value is -1.73. The van der Waals surface area contributed by atoms with Crippen molar-refractivity contribution in [2.45, 2.75) is 31.6 Å². The van der Waals surface area contributed by atoms with Crippen LogP contribution in [0.25, 0.3) is 0 Å². The Bertz CT molecular complexity index is 845. The number of amides is 2. The number of carbonyl (C=O) groups is 2. The molecule has 1 fully saturated rings. The van der Waals surface area contributed by atoms with Crippen LogP contribution in [0.15, 0.2) is 35.9 Å². The summed E-state index contributed by atoms with van der Waals surface area (Å²) in [4.78, 5) is 29.2. The Balaban J connectivity index is 1.82. The molecule has 10 heteroatoms. The van der Waals surface area contributed by atoms with Crippen molar-refractivity contribution in [2.24, 2.45) is 0 Å². The summed E-state index contributed by atoms with van der Waals surface area (Å²) in [6.45, 7) is 5.43. The topological polar surface area (TPSA) is 112 Å². The van der Waals surface area contributed by atoms with Gasteiger partial charge in [0.2, 0.25) is 11.8 Å². The van der Waals surface area contributed by atoms with Gasteiger partial charge in [-0.3, -0.25) is 14.5 Å². The fraction of sp³-hybridized carbons (Fsp3) is 0.565. The molecule has 0 spiro atoms. The van der Waals surface area contributed by atoms with Crippen LogP contribution in [-0.2, 0) is 14.3 Å². The first kappa shape index (κ1) is 25.9. The molecule has 182 valence electrons. The molecular weight excluding hydrogens is 541 g/mol. The highest BCUT2D eigenvalue weighted by Gasteiger charge is 2.40. The fourth-order valence-electron chi connectivity index (χ4n) is 4.10. The number of rotatable bonds is 9. The van der Waals surface area contributed by atoms with Gasteiger partial charge in [-0.05, 0) is 40.8 Å². The van der Waals surface area contributed by atoms with Crippen LogP contribution in [0.2, 0.25) is 0 Å². The van der Waals surface area contributed by atoms with Gasteiger partial charge in [-0.25, -0.2) is 0 Å². The molecule has 1 heterocycles. The second kappa shape index (κ2) is 12.7. The van der Waals surface area contributed by atoms with Crippen molar-refractivity contribution in [1.82, 2.24) is 15.1 Å². The van der Waals surface area contributed by atoms with Gasteiger partial charge >= 0.3 is 0 Å². The van der Waals surface area contributed by atoms with Crippen molar-refractivity contribution < 1.29 is 29.3 Å². The quantitative estimate of drug-likeness (QED) is 0.367. The summed E-state index contributed by atoms with van der Waals surface area (Å²) >= 11 is 2.15. The molecular formula is C23H32IN3O6. The second-order valence-electron chi connectivity index (χ2n) is 8.11. The molecule has 3 atom stereocenters. The molecule has 1 aromatic carbocycles. The predicted octanol–water partition coefficient (Wildman–Crippen LogP) is 0.387. The van der Waals surface area contributed by atoms with Crippen molar-refractivity contribution in [3.05, 3.63) is 39.5 Å². The Morgan fingerprint density at radius 2 is 2.03 bits per heavy atom. The van der Waals surface area contributed by atoms with E-state index >= 15 is 0 Å². The smallest absolute Gasteiger partial charge is 0.247 e. The summed E-state index contributed by atoms with van der Waals surface area (Å²) in [6, 6.07) is 6.81. The van der Waals surface area contributed by atoms with Crippen molar-refractivity contribution in [3.63, 3.8) is 0 Å². The molecule has 33 heavy (non-hydrogen) atoms. The zero-order valence-corrected chi connectivity index (χ0v) is 20.9. The molecule has 0 saturated carbocycles. The monoisotopic (exact) mass is 573 g/mol. The Labute approximate surface area is 207 Å². The van der Waals surface area contributed by atoms with Crippen molar-refractivity contribution in [1.29, 1.82) is 0 Å². The molecule has 2 aliphatic rings. The highest BCUT2D eigenvalue weighted by Crippen LogP contribution is 2.29. The van der Waals surface area contributed by atoms with E-state index in [-0.39, 0.29) is 31.4 Å². The predicted molar refractivity (Wildman–Crippen MR) is 131 cm³/mol. The molecule has 0 radical (unpaired) electrons. The zero-order valence-electron chi connectivity index (χ0n) is 18.8. The van der Waals surface area contributed by atoms with Gasteiger partial charge in [-0.15, -0.1) is 0 Å². The first-order chi connectivity index (χ1) is 15.9. The van der Waals surface area contributed by atoms with Crippen LogP contribution in [0.3, 0.4) is 0 Å². The lowest BCUT2D eigenvalue weighted by Crippen LogP contribution is -2.56. The van der Waals surface area contributed by atoms with E-state index in [2.05, 4.69) is 32.8 Å². The fourth-order valence-corrected chi connectivity index (χ4v) is 4.61. The number of halogens is 1. The first-order valence-corrected chi connectivity index (χ1v) is 12.2. The number of hydrogen-bond donors (Lipinski definition) is 3. The molecule has 3 rings (SSSR count). The van der Waals surface area contributed by atoms with Gasteiger partial charge in [0.1, 0.15) is 18.0 Å². The highest BCUT2D eigenvalue weighted by atomic mass is 127. The van der Waals surface area contributed by atoms with Crippen LogP contribution < -0.4 is 10.1 Å². The van der Waals surface area contributed by atoms with E-state index in [9.17, 15) is 14.7 Å². The highest BCUT2D eigenvalue weighted by molar-refractivity contribution is 14.1. The van der Waals surface area contributed by atoms with Crippen molar-refractivity contribution in [2.75, 3.05) is 52.5 Å². The lowest BCUT2D eigenvalue weighted by molar-refractivity contribution is -0.136. The Morgan fingerprint density at radius 1 is 1.30 bits per heavy atom. The summed E-state index contributed by atoms with van der Waals surface area (Å²) in [7, 11) is 0. The number of ether oxygens (including phenoxy) is 2. The van der Waals surface area contributed by atoms with Gasteiger partial charge in [0.05, 0.1) is 29.4 Å². The second-order valence-corrected chi connectivity index (χ2v) is 9.27. The standard InChI is InChI=1S/C23H32IN3O6/c1-16(29)27(8-7-26-9-12-32-13-10-26)19-14-17(23(31)25-6-11-28)15-21(22(19)30)33-20-5-3-2-4-18(20)24/h2-5,15,19,21-22,28,30H,6-14H2,1H3,(H,25,31)/t19-,21+,22+/m1/s1. The summed E-state index contributed by atoms with van der Waals surface area (Å²) in [5.74, 6) is 0.0863. The van der Waals surface area contributed by atoms with E-state index in [1.165, 1.54) is 6.92 Å². The van der Waals surface area contributed by atoms with E-state index < -0.39 is 18.2 Å². The summed E-state index contributed by atoms with van der Waals surface area (Å²) in [5.41, 5.74) is 0.423. The van der Waals surface area contributed by atoms with Gasteiger partial charge in [0.15, 0.2) is 0 Å². The summed E-state index contributed by atoms with van der Waals surface area (Å²) in [6.07, 6.45) is 0.00756. The minimum atomic E-state index is -1.01. The molecule has 1 aliphatic carbocycles. The maximum absolute atomic E-state index is 12.7. The molecule has 9 nitrogen and oxygen atoms in total. The van der Waals surface area contributed by atoms with E-state index in [0.717, 1.165) is 16.7 Å². The number of para-hydroxylation sites is 1. The minimum Gasteiger partial charge on any atom is -0.482 e. The van der Waals surface area contributed by atoms with E-state index in [4.69, 9.17) is 14.6 Å². The van der Waals surface area contributed by atoms with Crippen LogP contribution in [0.1, 0.15) is 13.3 Å². The molecule has 3 N–H and O–H groups in total. The number of aliphatic hydroxyl groups is 2. The van der Waals surface area contributed by atoms with E-state index in [0.29, 0.717) is 37.6 Å². The Kier molecular flexibility index (Phi) is 9.93. The van der Waals surface area contributed by atoms with E-state index in [1.807, 2.05) is 18.2 Å². The molecule has 1 saturated heterocycles. The SMILES string of the molecule is CC(=O)N(CCN1CCOCC1)[C@@H]1CC(C(=O)NCCO)=C[C@H](Oc2ccccc2I)[C@H]1O. The first-order valence-electron chi connectivity index (χ1n) is 11.2. The van der Waals surface area contributed by atoms with Gasteiger partial charge in [0.25, 0.3) is 0 Å². The third-order valence-electron chi connectivity index (χ3n) is 5.88. The van der Waals surface area contributed by atoms with Gasteiger partial charge < -0.3 is 29.9 Å². The molecule has 0 aromatic heterocycles. The van der Waals surface area contributed by atoms with Gasteiger partial charge in [0, 0.05) is 51.6 Å². The maximum Gasteiger partial charge on any atom is 0.247 e. The number of hydrogen-bond acceptors (Lipinski definition) is 7. The average Bonchev–Trinajstić information content (AvgIpc) is 2.81. The normalized spacial score (nSPS) is 23.5. The number of nitrogens with one attached hydrogen (secondary N) is 1. The zero-order chi connectivity index (χ0) is 23.8. The lowest BCUT2D eigenvalue weighted by Gasteiger charge is -2.41. The van der Waals surface area contributed by atoms with Crippen molar-refractivity contribution >= 4 is 34.4 Å². The Morgan fingerprint density at radius 3 is 2.70 bits per heavy atom. The van der Waals surface area contributed by atoms with Gasteiger partial charge in [-0.1, -0.05) is 12.1 Å². The molecule has 1 aromatic rings. The van der Waals surface area contributed by atoms with E-state index in [1.54, 1.807) is 17.0 Å². The molecule has 0 bridgehead atoms. The van der Waals surface area contributed by atoms with Crippen LogP contribution in [-0.4, -0.2) is 103 Å². The lowest BCUT2D eigenvalue weighted by atomic mass is 9.88. The third-order valence-corrected chi connectivity index (χ3v) is 6.77. The largest absolute Gasteiger partial charge is 0.482 e. The van der Waals surface area contributed by atoms with Crippen LogP contribution >= 0.6 is 22.6 Å². The van der Waals surface area contributed by atoms with Crippen LogP contribution in [0, 0.1) is 3.57 Å². The minimum absolute atomic E-state index is 0.124. The number of morpholine rings is 1. The average molecular weight is 573 g/mol. The maximum atomic E-state index is 12.7. The summed E-state index contributed by atoms with van der Waals surface area (Å²) < 4.78 is 12.4. The molecule has 0 unspecified atom stereocenters. The van der Waals surface area contributed by atoms with Gasteiger partial charge in [-0.2, -0.15) is 0 Å². The molecule has 1 aliphatic heterocycles. The van der Waals surface area contributed by atoms with Crippen LogP contribution in [0.5, 0.6) is 5.75 Å². The number of aliphatic hydroxyl groups excluding tert-OH is 2. The number of nitrogens with zero attached hydrogens (tertiary/aromatic N) is 2. The third kappa shape index (κ3) is 7.12. The van der Waals surface area contributed by atoms with Crippen molar-refractivity contribution in [3.8, 4) is 5.75 Å². The van der Waals surface area contributed by atoms with Crippen LogP contribution in [0.4, 0.5) is 0 Å². The molecule has 2 amide bonds. The summed E-state index contributed by atoms with van der Waals surface area (Å²) in [5, 5.41) is 23.0. The number of carbonyl (C=O) groups excluding carboxylic acids is 2.